The highest BCUT2D eigenvalue weighted by Crippen LogP contribution is 2.42. The third-order valence-electron chi connectivity index (χ3n) is 6.20. The van der Waals surface area contributed by atoms with Gasteiger partial charge in [0.2, 0.25) is 5.90 Å². The van der Waals surface area contributed by atoms with Gasteiger partial charge < -0.3 is 24.6 Å². The number of amides is 1. The normalized spacial score (nSPS) is 18.4. The van der Waals surface area contributed by atoms with Gasteiger partial charge in [-0.25, -0.2) is 4.99 Å². The standard InChI is InChI=1S/C30H29F3N2O5/c1-2-17-29(28(37)34-20-21-9-13-25(14-10-21)40-30(31,32)33)26(22-7-4-3-5-8-22)39-27(35-29)23-11-15-24(16-12-23)38-19-6-18-36/h2-5,7-16,26,36H,1,6,17-20H2,(H,34,37)/t26-,29-/m1/s1. The van der Waals surface area contributed by atoms with Crippen molar-refractivity contribution < 1.29 is 37.3 Å². The van der Waals surface area contributed by atoms with E-state index in [0.29, 0.717) is 29.9 Å². The largest absolute Gasteiger partial charge is 0.573 e. The Morgan fingerprint density at radius 1 is 1.05 bits per heavy atom. The van der Waals surface area contributed by atoms with Crippen LogP contribution in [0.15, 0.2) is 96.5 Å². The third kappa shape index (κ3) is 7.01. The second-order valence-electron chi connectivity index (χ2n) is 9.07. The van der Waals surface area contributed by atoms with E-state index < -0.39 is 23.9 Å². The summed E-state index contributed by atoms with van der Waals surface area (Å²) in [6, 6.07) is 21.6. The number of aliphatic hydroxyl groups excluding tert-OH is 1. The zero-order chi connectivity index (χ0) is 28.6. The lowest BCUT2D eigenvalue weighted by Gasteiger charge is -2.29. The number of benzene rings is 3. The van der Waals surface area contributed by atoms with Gasteiger partial charge in [-0.05, 0) is 47.5 Å². The molecule has 10 heteroatoms. The molecule has 3 aromatic rings. The highest BCUT2D eigenvalue weighted by molar-refractivity contribution is 6.01. The minimum absolute atomic E-state index is 0.0365. The van der Waals surface area contributed by atoms with Crippen LogP contribution in [0.25, 0.3) is 0 Å². The molecule has 0 spiro atoms. The van der Waals surface area contributed by atoms with Crippen molar-refractivity contribution in [3.05, 3.63) is 108 Å². The molecule has 0 aromatic heterocycles. The van der Waals surface area contributed by atoms with Crippen LogP contribution in [0.5, 0.6) is 11.5 Å². The van der Waals surface area contributed by atoms with Gasteiger partial charge in [0.05, 0.1) is 6.61 Å². The summed E-state index contributed by atoms with van der Waals surface area (Å²) in [6.07, 6.45) is -3.26. The average Bonchev–Trinajstić information content (AvgIpc) is 3.33. The predicted molar refractivity (Wildman–Crippen MR) is 143 cm³/mol. The number of aliphatic hydroxyl groups is 1. The van der Waals surface area contributed by atoms with Crippen molar-refractivity contribution in [2.45, 2.75) is 37.4 Å². The summed E-state index contributed by atoms with van der Waals surface area (Å²) >= 11 is 0. The summed E-state index contributed by atoms with van der Waals surface area (Å²) in [5.41, 5.74) is 0.590. The monoisotopic (exact) mass is 554 g/mol. The van der Waals surface area contributed by atoms with E-state index in [4.69, 9.17) is 19.6 Å². The fraction of sp³-hybridized carbons (Fsp3) is 0.267. The van der Waals surface area contributed by atoms with Crippen molar-refractivity contribution in [1.82, 2.24) is 5.32 Å². The topological polar surface area (TPSA) is 89.4 Å². The molecule has 0 unspecified atom stereocenters. The minimum Gasteiger partial charge on any atom is -0.494 e. The number of hydrogen-bond donors (Lipinski definition) is 2. The van der Waals surface area contributed by atoms with E-state index >= 15 is 0 Å². The Morgan fingerprint density at radius 3 is 2.35 bits per heavy atom. The van der Waals surface area contributed by atoms with Crippen LogP contribution in [0.2, 0.25) is 0 Å². The lowest BCUT2D eigenvalue weighted by molar-refractivity contribution is -0.274. The van der Waals surface area contributed by atoms with Crippen LogP contribution in [0.3, 0.4) is 0 Å². The smallest absolute Gasteiger partial charge is 0.494 e. The average molecular weight is 555 g/mol. The first-order chi connectivity index (χ1) is 19.2. The molecule has 1 heterocycles. The van der Waals surface area contributed by atoms with Crippen LogP contribution < -0.4 is 14.8 Å². The Morgan fingerprint density at radius 2 is 1.73 bits per heavy atom. The summed E-state index contributed by atoms with van der Waals surface area (Å²) in [6.45, 7) is 4.30. The van der Waals surface area contributed by atoms with E-state index in [-0.39, 0.29) is 31.2 Å². The molecule has 0 saturated carbocycles. The number of nitrogens with zero attached hydrogens (tertiary/aromatic N) is 1. The second-order valence-corrected chi connectivity index (χ2v) is 9.07. The maximum Gasteiger partial charge on any atom is 0.573 e. The van der Waals surface area contributed by atoms with E-state index in [1.807, 2.05) is 30.3 Å². The fourth-order valence-corrected chi connectivity index (χ4v) is 4.31. The number of nitrogens with one attached hydrogen (secondary N) is 1. The third-order valence-corrected chi connectivity index (χ3v) is 6.20. The number of ether oxygens (including phenoxy) is 3. The lowest BCUT2D eigenvalue weighted by atomic mass is 9.84. The molecule has 2 N–H and O–H groups in total. The number of rotatable bonds is 12. The van der Waals surface area contributed by atoms with E-state index in [2.05, 4.69) is 16.6 Å². The summed E-state index contributed by atoms with van der Waals surface area (Å²) in [5.74, 6) is 0.132. The number of carbonyl (C=O) groups excluding carboxylic acids is 1. The van der Waals surface area contributed by atoms with Crippen molar-refractivity contribution >= 4 is 11.8 Å². The molecule has 0 aliphatic carbocycles. The summed E-state index contributed by atoms with van der Waals surface area (Å²) < 4.78 is 53.2. The zero-order valence-electron chi connectivity index (χ0n) is 21.6. The van der Waals surface area contributed by atoms with E-state index in [1.165, 1.54) is 24.3 Å². The molecule has 0 fully saturated rings. The molecule has 1 aliphatic rings. The minimum atomic E-state index is -4.79. The molecule has 210 valence electrons. The molecule has 7 nitrogen and oxygen atoms in total. The molecular formula is C30H29F3N2O5. The van der Waals surface area contributed by atoms with Crippen molar-refractivity contribution in [3.8, 4) is 11.5 Å². The Kier molecular flexibility index (Phi) is 9.11. The Bertz CT molecular complexity index is 1310. The van der Waals surface area contributed by atoms with Gasteiger partial charge >= 0.3 is 6.36 Å². The van der Waals surface area contributed by atoms with E-state index in [9.17, 15) is 18.0 Å². The number of alkyl halides is 3. The van der Waals surface area contributed by atoms with Crippen molar-refractivity contribution in [2.24, 2.45) is 4.99 Å². The summed E-state index contributed by atoms with van der Waals surface area (Å²) in [5, 5.41) is 11.8. The molecule has 0 saturated heterocycles. The number of halogens is 3. The molecule has 3 aromatic carbocycles. The first kappa shape index (κ1) is 28.7. The van der Waals surface area contributed by atoms with Crippen LogP contribution in [-0.2, 0) is 16.1 Å². The van der Waals surface area contributed by atoms with Crippen LogP contribution >= 0.6 is 0 Å². The van der Waals surface area contributed by atoms with Crippen molar-refractivity contribution in [3.63, 3.8) is 0 Å². The quantitative estimate of drug-likeness (QED) is 0.228. The second kappa shape index (κ2) is 12.7. The highest BCUT2D eigenvalue weighted by atomic mass is 19.4. The highest BCUT2D eigenvalue weighted by Gasteiger charge is 2.52. The first-order valence-corrected chi connectivity index (χ1v) is 12.6. The maximum absolute atomic E-state index is 13.8. The van der Waals surface area contributed by atoms with Gasteiger partial charge in [0.15, 0.2) is 11.6 Å². The SMILES string of the molecule is C=CC[C@@]1(C(=O)NCc2ccc(OC(F)(F)F)cc2)N=C(c2ccc(OCCCO)cc2)O[C@@H]1c1ccccc1. The molecule has 40 heavy (non-hydrogen) atoms. The first-order valence-electron chi connectivity index (χ1n) is 12.6. The van der Waals surface area contributed by atoms with Gasteiger partial charge in [0, 0.05) is 31.6 Å². The van der Waals surface area contributed by atoms with Crippen molar-refractivity contribution in [1.29, 1.82) is 0 Å². The predicted octanol–water partition coefficient (Wildman–Crippen LogP) is 5.50. The van der Waals surface area contributed by atoms with Gasteiger partial charge in [0.25, 0.3) is 5.91 Å². The molecular weight excluding hydrogens is 525 g/mol. The number of aliphatic imine (C=N–C) groups is 1. The molecule has 0 bridgehead atoms. The van der Waals surface area contributed by atoms with Gasteiger partial charge in [-0.3, -0.25) is 4.79 Å². The van der Waals surface area contributed by atoms with E-state index in [1.54, 1.807) is 30.3 Å². The Balaban J connectivity index is 1.58. The van der Waals surface area contributed by atoms with Gasteiger partial charge in [-0.1, -0.05) is 48.5 Å². The van der Waals surface area contributed by atoms with Crippen LogP contribution in [0, 0.1) is 0 Å². The molecule has 2 atom stereocenters. The summed E-state index contributed by atoms with van der Waals surface area (Å²) in [4.78, 5) is 18.6. The van der Waals surface area contributed by atoms with Crippen LogP contribution in [0.1, 0.15) is 35.6 Å². The fourth-order valence-electron chi connectivity index (χ4n) is 4.31. The van der Waals surface area contributed by atoms with Crippen LogP contribution in [-0.4, -0.2) is 42.0 Å². The molecule has 1 amide bonds. The Hall–Kier alpha value is -4.31. The van der Waals surface area contributed by atoms with Crippen molar-refractivity contribution in [2.75, 3.05) is 13.2 Å². The zero-order valence-corrected chi connectivity index (χ0v) is 21.6. The number of hydrogen-bond acceptors (Lipinski definition) is 6. The van der Waals surface area contributed by atoms with Gasteiger partial charge in [-0.15, -0.1) is 19.8 Å². The lowest BCUT2D eigenvalue weighted by Crippen LogP contribution is -2.47. The maximum atomic E-state index is 13.8. The molecule has 1 aliphatic heterocycles. The van der Waals surface area contributed by atoms with E-state index in [0.717, 1.165) is 5.56 Å². The summed E-state index contributed by atoms with van der Waals surface area (Å²) in [7, 11) is 0. The van der Waals surface area contributed by atoms with Crippen LogP contribution in [0.4, 0.5) is 13.2 Å². The molecule has 4 rings (SSSR count). The van der Waals surface area contributed by atoms with Gasteiger partial charge in [-0.2, -0.15) is 0 Å². The molecule has 0 radical (unpaired) electrons. The van der Waals surface area contributed by atoms with Gasteiger partial charge in [0.1, 0.15) is 11.5 Å². The Labute approximate surface area is 229 Å². The number of carbonyl (C=O) groups is 1.